The van der Waals surface area contributed by atoms with E-state index in [9.17, 15) is 9.59 Å². The molecule has 0 unspecified atom stereocenters. The maximum Gasteiger partial charge on any atom is 0.231 e. The third-order valence-electron chi connectivity index (χ3n) is 6.34. The van der Waals surface area contributed by atoms with Crippen molar-refractivity contribution in [3.05, 3.63) is 82.9 Å². The topological polar surface area (TPSA) is 52.6 Å². The van der Waals surface area contributed by atoms with E-state index in [1.807, 2.05) is 61.5 Å². The lowest BCUT2D eigenvalue weighted by Crippen LogP contribution is -2.23. The van der Waals surface area contributed by atoms with E-state index in [4.69, 9.17) is 9.47 Å². The van der Waals surface area contributed by atoms with Gasteiger partial charge < -0.3 is 9.47 Å². The van der Waals surface area contributed by atoms with Gasteiger partial charge in [0.2, 0.25) is 6.79 Å². The van der Waals surface area contributed by atoms with Crippen LogP contribution in [0, 0.1) is 6.92 Å². The van der Waals surface area contributed by atoms with Crippen LogP contribution in [0.15, 0.2) is 60.7 Å². The molecule has 0 aromatic heterocycles. The zero-order valence-electron chi connectivity index (χ0n) is 16.8. The number of Topliss-reactive ketones (excluding diaryl/α,β-unsaturated/α-hetero) is 1. The second-order valence-corrected chi connectivity index (χ2v) is 8.08. The SMILES string of the molecule is Cc1c(CC(=O)C2(c3ccc4c(c3)OCO4)CC2)cccc1-c1cccc(C=O)c1. The lowest BCUT2D eigenvalue weighted by atomic mass is 9.85. The van der Waals surface area contributed by atoms with Gasteiger partial charge in [-0.3, -0.25) is 9.59 Å². The minimum atomic E-state index is -0.416. The molecule has 1 saturated carbocycles. The van der Waals surface area contributed by atoms with Crippen LogP contribution in [0.2, 0.25) is 0 Å². The maximum atomic E-state index is 13.4. The molecule has 3 aromatic carbocycles. The van der Waals surface area contributed by atoms with Gasteiger partial charge in [-0.05, 0) is 65.8 Å². The Morgan fingerprint density at radius 1 is 1.00 bits per heavy atom. The molecule has 0 spiro atoms. The summed E-state index contributed by atoms with van der Waals surface area (Å²) in [6.45, 7) is 2.28. The predicted octanol–water partition coefficient (Wildman–Crippen LogP) is 5.05. The van der Waals surface area contributed by atoms with Gasteiger partial charge in [0.05, 0.1) is 5.41 Å². The van der Waals surface area contributed by atoms with Crippen molar-refractivity contribution in [3.8, 4) is 22.6 Å². The van der Waals surface area contributed by atoms with Crippen molar-refractivity contribution in [2.24, 2.45) is 0 Å². The highest BCUT2D eigenvalue weighted by Crippen LogP contribution is 2.51. The smallest absolute Gasteiger partial charge is 0.231 e. The molecule has 1 aliphatic heterocycles. The van der Waals surface area contributed by atoms with Crippen LogP contribution in [0.1, 0.15) is 39.9 Å². The summed E-state index contributed by atoms with van der Waals surface area (Å²) in [5.41, 5.74) is 5.40. The highest BCUT2D eigenvalue weighted by atomic mass is 16.7. The van der Waals surface area contributed by atoms with Gasteiger partial charge in [0.15, 0.2) is 11.5 Å². The summed E-state index contributed by atoms with van der Waals surface area (Å²) in [7, 11) is 0. The number of carbonyl (C=O) groups excluding carboxylic acids is 2. The Morgan fingerprint density at radius 2 is 1.80 bits per heavy atom. The Labute approximate surface area is 175 Å². The van der Waals surface area contributed by atoms with Gasteiger partial charge in [-0.2, -0.15) is 0 Å². The van der Waals surface area contributed by atoms with Gasteiger partial charge in [0.25, 0.3) is 0 Å². The second-order valence-electron chi connectivity index (χ2n) is 8.08. The molecule has 2 aliphatic rings. The summed E-state index contributed by atoms with van der Waals surface area (Å²) in [6.07, 6.45) is 2.98. The van der Waals surface area contributed by atoms with Crippen LogP contribution < -0.4 is 9.47 Å². The van der Waals surface area contributed by atoms with Crippen LogP contribution in [0.5, 0.6) is 11.5 Å². The number of hydrogen-bond donors (Lipinski definition) is 0. The third-order valence-corrected chi connectivity index (χ3v) is 6.34. The number of aldehydes is 1. The Balaban J connectivity index is 1.43. The lowest BCUT2D eigenvalue weighted by Gasteiger charge is -2.17. The minimum absolute atomic E-state index is 0.233. The monoisotopic (exact) mass is 398 g/mol. The van der Waals surface area contributed by atoms with Gasteiger partial charge in [-0.25, -0.2) is 0 Å². The first-order valence-electron chi connectivity index (χ1n) is 10.2. The molecule has 0 amide bonds. The summed E-state index contributed by atoms with van der Waals surface area (Å²) < 4.78 is 10.9. The molecule has 30 heavy (non-hydrogen) atoms. The van der Waals surface area contributed by atoms with E-state index >= 15 is 0 Å². The van der Waals surface area contributed by atoms with E-state index in [0.717, 1.165) is 58.4 Å². The van der Waals surface area contributed by atoms with Crippen molar-refractivity contribution in [3.63, 3.8) is 0 Å². The Kier molecular flexibility index (Phi) is 4.43. The zero-order valence-corrected chi connectivity index (χ0v) is 16.8. The number of rotatable bonds is 6. The molecule has 0 N–H and O–H groups in total. The molecule has 0 saturated heterocycles. The van der Waals surface area contributed by atoms with E-state index in [0.29, 0.717) is 12.0 Å². The first kappa shape index (κ1) is 18.6. The third kappa shape index (κ3) is 3.09. The summed E-state index contributed by atoms with van der Waals surface area (Å²) in [5, 5.41) is 0. The van der Waals surface area contributed by atoms with Crippen LogP contribution in [-0.4, -0.2) is 18.9 Å². The number of fused-ring (bicyclic) bond motifs is 1. The molecule has 1 aliphatic carbocycles. The van der Waals surface area contributed by atoms with Crippen molar-refractivity contribution < 1.29 is 19.1 Å². The first-order valence-corrected chi connectivity index (χ1v) is 10.2. The normalized spacial score (nSPS) is 15.6. The quantitative estimate of drug-likeness (QED) is 0.546. The lowest BCUT2D eigenvalue weighted by molar-refractivity contribution is -0.120. The fourth-order valence-corrected chi connectivity index (χ4v) is 4.36. The standard InChI is InChI=1S/C26H22O4/c1-17-19(5-3-7-22(17)20-6-2-4-18(12-20)15-27)13-25(28)26(10-11-26)21-8-9-23-24(14-21)30-16-29-23/h2-9,12,14-15H,10-11,13,16H2,1H3. The molecule has 5 rings (SSSR count). The Bertz CT molecular complexity index is 1160. The molecule has 1 heterocycles. The van der Waals surface area contributed by atoms with Crippen molar-refractivity contribution in [2.45, 2.75) is 31.6 Å². The fourth-order valence-electron chi connectivity index (χ4n) is 4.36. The highest BCUT2D eigenvalue weighted by molar-refractivity contribution is 5.95. The molecule has 3 aromatic rings. The van der Waals surface area contributed by atoms with E-state index in [1.165, 1.54) is 0 Å². The second kappa shape index (κ2) is 7.13. The molecular weight excluding hydrogens is 376 g/mol. The van der Waals surface area contributed by atoms with E-state index < -0.39 is 5.41 Å². The molecule has 150 valence electrons. The molecule has 0 atom stereocenters. The number of ketones is 1. The van der Waals surface area contributed by atoms with Crippen molar-refractivity contribution in [2.75, 3.05) is 6.79 Å². The highest BCUT2D eigenvalue weighted by Gasteiger charge is 2.50. The number of ether oxygens (including phenoxy) is 2. The summed E-state index contributed by atoms with van der Waals surface area (Å²) in [5.74, 6) is 1.70. The summed E-state index contributed by atoms with van der Waals surface area (Å²) in [4.78, 5) is 24.5. The van der Waals surface area contributed by atoms with Crippen LogP contribution >= 0.6 is 0 Å². The Morgan fingerprint density at radius 3 is 2.60 bits per heavy atom. The average Bonchev–Trinajstić information content (AvgIpc) is 3.46. The molecule has 1 fully saturated rings. The van der Waals surface area contributed by atoms with Crippen LogP contribution in [0.25, 0.3) is 11.1 Å². The largest absolute Gasteiger partial charge is 0.454 e. The predicted molar refractivity (Wildman–Crippen MR) is 114 cm³/mol. The maximum absolute atomic E-state index is 13.4. The van der Waals surface area contributed by atoms with Gasteiger partial charge in [-0.15, -0.1) is 0 Å². The van der Waals surface area contributed by atoms with Gasteiger partial charge in [0, 0.05) is 12.0 Å². The van der Waals surface area contributed by atoms with Crippen molar-refractivity contribution in [1.29, 1.82) is 0 Å². The average molecular weight is 398 g/mol. The van der Waals surface area contributed by atoms with Crippen LogP contribution in [0.4, 0.5) is 0 Å². The van der Waals surface area contributed by atoms with Crippen LogP contribution in [0.3, 0.4) is 0 Å². The van der Waals surface area contributed by atoms with Crippen molar-refractivity contribution in [1.82, 2.24) is 0 Å². The summed E-state index contributed by atoms with van der Waals surface area (Å²) >= 11 is 0. The molecule has 4 nitrogen and oxygen atoms in total. The molecule has 0 radical (unpaired) electrons. The number of hydrogen-bond acceptors (Lipinski definition) is 4. The van der Waals surface area contributed by atoms with E-state index in [-0.39, 0.29) is 12.6 Å². The summed E-state index contributed by atoms with van der Waals surface area (Å²) in [6, 6.07) is 19.5. The first-order chi connectivity index (χ1) is 14.6. The van der Waals surface area contributed by atoms with E-state index in [1.54, 1.807) is 6.07 Å². The number of carbonyl (C=O) groups is 2. The van der Waals surface area contributed by atoms with Crippen LogP contribution in [-0.2, 0) is 16.6 Å². The zero-order chi connectivity index (χ0) is 20.7. The van der Waals surface area contributed by atoms with Gasteiger partial charge >= 0.3 is 0 Å². The van der Waals surface area contributed by atoms with Gasteiger partial charge in [0.1, 0.15) is 12.1 Å². The number of benzene rings is 3. The molecular formula is C26H22O4. The minimum Gasteiger partial charge on any atom is -0.454 e. The van der Waals surface area contributed by atoms with E-state index in [2.05, 4.69) is 0 Å². The fraction of sp³-hybridized carbons (Fsp3) is 0.231. The van der Waals surface area contributed by atoms with Crippen molar-refractivity contribution >= 4 is 12.1 Å². The Hall–Kier alpha value is -3.40. The molecule has 0 bridgehead atoms. The molecule has 4 heteroatoms. The van der Waals surface area contributed by atoms with Gasteiger partial charge in [-0.1, -0.05) is 42.5 Å².